The van der Waals surface area contributed by atoms with Crippen LogP contribution in [0.4, 0.5) is 0 Å². The molecule has 0 aliphatic heterocycles. The number of rotatable bonds is 8. The van der Waals surface area contributed by atoms with Crippen LogP contribution in [0, 0.1) is 12.8 Å². The molecule has 0 heterocycles. The van der Waals surface area contributed by atoms with E-state index in [1.54, 1.807) is 0 Å². The zero-order chi connectivity index (χ0) is 17.5. The van der Waals surface area contributed by atoms with Gasteiger partial charge in [0.05, 0.1) is 6.61 Å². The molecule has 0 saturated heterocycles. The molecule has 2 aromatic carbocycles. The van der Waals surface area contributed by atoms with Gasteiger partial charge < -0.3 is 4.74 Å². The first kappa shape index (κ1) is 18.6. The molecule has 0 aromatic heterocycles. The summed E-state index contributed by atoms with van der Waals surface area (Å²) in [5, 5.41) is 0. The van der Waals surface area contributed by atoms with E-state index in [0.29, 0.717) is 17.8 Å². The van der Waals surface area contributed by atoms with Crippen LogP contribution in [0.1, 0.15) is 69.1 Å². The fourth-order valence-electron chi connectivity index (χ4n) is 2.87. The van der Waals surface area contributed by atoms with Crippen LogP contribution < -0.4 is 4.74 Å². The van der Waals surface area contributed by atoms with E-state index in [1.165, 1.54) is 29.5 Å². The van der Waals surface area contributed by atoms with Gasteiger partial charge in [0.25, 0.3) is 0 Å². The van der Waals surface area contributed by atoms with Gasteiger partial charge in [-0.15, -0.1) is 0 Å². The molecule has 0 aliphatic carbocycles. The third-order valence-electron chi connectivity index (χ3n) is 4.82. The van der Waals surface area contributed by atoms with Crippen molar-refractivity contribution in [1.29, 1.82) is 0 Å². The first-order valence-electron chi connectivity index (χ1n) is 9.25. The molecule has 24 heavy (non-hydrogen) atoms. The zero-order valence-corrected chi connectivity index (χ0v) is 15.9. The molecule has 130 valence electrons. The van der Waals surface area contributed by atoms with Crippen molar-refractivity contribution in [2.45, 2.75) is 59.3 Å². The predicted molar refractivity (Wildman–Crippen MR) is 104 cm³/mol. The van der Waals surface area contributed by atoms with E-state index in [2.05, 4.69) is 83.1 Å². The maximum Gasteiger partial charge on any atom is 0.119 e. The molecule has 0 N–H and O–H groups in total. The summed E-state index contributed by atoms with van der Waals surface area (Å²) in [5.41, 5.74) is 4.14. The van der Waals surface area contributed by atoms with Gasteiger partial charge >= 0.3 is 0 Å². The largest absolute Gasteiger partial charge is 0.493 e. The minimum absolute atomic E-state index is 0.573. The van der Waals surface area contributed by atoms with Crippen molar-refractivity contribution in [3.05, 3.63) is 65.2 Å². The number of benzene rings is 2. The molecule has 0 amide bonds. The summed E-state index contributed by atoms with van der Waals surface area (Å²) in [4.78, 5) is 0. The molecule has 0 aliphatic rings. The average molecular weight is 325 g/mol. The topological polar surface area (TPSA) is 9.23 Å². The van der Waals surface area contributed by atoms with E-state index in [0.717, 1.165) is 12.4 Å². The second kappa shape index (κ2) is 8.92. The van der Waals surface area contributed by atoms with E-state index in [-0.39, 0.29) is 0 Å². The van der Waals surface area contributed by atoms with Gasteiger partial charge in [0.1, 0.15) is 5.75 Å². The molecular weight excluding hydrogens is 292 g/mol. The Morgan fingerprint density at radius 1 is 0.750 bits per heavy atom. The number of aryl methyl sites for hydroxylation is 1. The Morgan fingerprint density at radius 3 is 1.92 bits per heavy atom. The lowest BCUT2D eigenvalue weighted by atomic mass is 9.91. The zero-order valence-electron chi connectivity index (χ0n) is 15.9. The molecule has 0 radical (unpaired) electrons. The first-order chi connectivity index (χ1) is 11.5. The van der Waals surface area contributed by atoms with Gasteiger partial charge in [0, 0.05) is 0 Å². The van der Waals surface area contributed by atoms with Crippen molar-refractivity contribution >= 4 is 0 Å². The maximum atomic E-state index is 5.90. The lowest BCUT2D eigenvalue weighted by molar-refractivity contribution is 0.248. The summed E-state index contributed by atoms with van der Waals surface area (Å²) in [5.74, 6) is 2.76. The molecule has 2 aromatic rings. The Labute approximate surface area is 148 Å². The van der Waals surface area contributed by atoms with E-state index in [1.807, 2.05) is 0 Å². The SMILES string of the molecule is Cc1ccc(OCC(C)CCC(C)c2ccc(C(C)C)cc2)cc1. The van der Waals surface area contributed by atoms with Crippen LogP contribution in [-0.2, 0) is 0 Å². The summed E-state index contributed by atoms with van der Waals surface area (Å²) in [6, 6.07) is 17.5. The van der Waals surface area contributed by atoms with E-state index in [9.17, 15) is 0 Å². The molecule has 1 nitrogen and oxygen atoms in total. The van der Waals surface area contributed by atoms with Gasteiger partial charge in [-0.1, -0.05) is 69.7 Å². The third-order valence-corrected chi connectivity index (χ3v) is 4.82. The van der Waals surface area contributed by atoms with Crippen LogP contribution in [0.5, 0.6) is 5.75 Å². The summed E-state index contributed by atoms with van der Waals surface area (Å²) in [7, 11) is 0. The molecule has 0 saturated carbocycles. The highest BCUT2D eigenvalue weighted by atomic mass is 16.5. The second-order valence-corrected chi connectivity index (χ2v) is 7.53. The Balaban J connectivity index is 1.76. The fraction of sp³-hybridized carbons (Fsp3) is 0.478. The van der Waals surface area contributed by atoms with E-state index < -0.39 is 0 Å². The van der Waals surface area contributed by atoms with Crippen molar-refractivity contribution < 1.29 is 4.74 Å². The Hall–Kier alpha value is -1.76. The molecule has 0 fully saturated rings. The fourth-order valence-corrected chi connectivity index (χ4v) is 2.87. The van der Waals surface area contributed by atoms with Gasteiger partial charge in [-0.25, -0.2) is 0 Å². The normalized spacial score (nSPS) is 13.8. The monoisotopic (exact) mass is 324 g/mol. The van der Waals surface area contributed by atoms with Crippen molar-refractivity contribution in [3.8, 4) is 5.75 Å². The molecule has 0 spiro atoms. The highest BCUT2D eigenvalue weighted by Gasteiger charge is 2.10. The standard InChI is InChI=1S/C23H32O/c1-17(2)21-10-12-22(13-11-21)20(5)9-6-19(4)16-24-23-14-7-18(3)8-15-23/h7-8,10-15,17,19-20H,6,9,16H2,1-5H3. The highest BCUT2D eigenvalue weighted by Crippen LogP contribution is 2.25. The lowest BCUT2D eigenvalue weighted by Crippen LogP contribution is -2.10. The maximum absolute atomic E-state index is 5.90. The summed E-state index contributed by atoms with van der Waals surface area (Å²) >= 11 is 0. The molecule has 0 bridgehead atoms. The van der Waals surface area contributed by atoms with E-state index >= 15 is 0 Å². The second-order valence-electron chi connectivity index (χ2n) is 7.53. The lowest BCUT2D eigenvalue weighted by Gasteiger charge is -2.17. The smallest absolute Gasteiger partial charge is 0.119 e. The number of hydrogen-bond donors (Lipinski definition) is 0. The van der Waals surface area contributed by atoms with Crippen LogP contribution in [0.3, 0.4) is 0 Å². The number of hydrogen-bond acceptors (Lipinski definition) is 1. The van der Waals surface area contributed by atoms with Crippen LogP contribution >= 0.6 is 0 Å². The van der Waals surface area contributed by atoms with Gasteiger partial charge in [0.2, 0.25) is 0 Å². The highest BCUT2D eigenvalue weighted by molar-refractivity contribution is 5.27. The van der Waals surface area contributed by atoms with E-state index in [4.69, 9.17) is 4.74 Å². The molecule has 1 heteroatoms. The van der Waals surface area contributed by atoms with Gasteiger partial charge in [-0.2, -0.15) is 0 Å². The average Bonchev–Trinajstić information content (AvgIpc) is 2.59. The minimum atomic E-state index is 0.573. The van der Waals surface area contributed by atoms with Crippen LogP contribution in [0.2, 0.25) is 0 Å². The molecule has 2 unspecified atom stereocenters. The Kier molecular flexibility index (Phi) is 6.90. The Morgan fingerprint density at radius 2 is 1.33 bits per heavy atom. The Bertz CT molecular complexity index is 595. The van der Waals surface area contributed by atoms with Crippen LogP contribution in [-0.4, -0.2) is 6.61 Å². The summed E-state index contributed by atoms with van der Waals surface area (Å²) < 4.78 is 5.90. The van der Waals surface area contributed by atoms with Crippen LogP contribution in [0.25, 0.3) is 0 Å². The van der Waals surface area contributed by atoms with Gasteiger partial charge in [-0.05, 0) is 60.8 Å². The van der Waals surface area contributed by atoms with Crippen LogP contribution in [0.15, 0.2) is 48.5 Å². The van der Waals surface area contributed by atoms with Gasteiger partial charge in [-0.3, -0.25) is 0 Å². The first-order valence-corrected chi connectivity index (χ1v) is 9.25. The van der Waals surface area contributed by atoms with Gasteiger partial charge in [0.15, 0.2) is 0 Å². The summed E-state index contributed by atoms with van der Waals surface area (Å²) in [6.45, 7) is 12.0. The third kappa shape index (κ3) is 5.70. The van der Waals surface area contributed by atoms with Crippen molar-refractivity contribution in [1.82, 2.24) is 0 Å². The molecule has 2 atom stereocenters. The predicted octanol–water partition coefficient (Wildman–Crippen LogP) is 6.72. The number of ether oxygens (including phenoxy) is 1. The molecular formula is C23H32O. The van der Waals surface area contributed by atoms with Crippen molar-refractivity contribution in [2.75, 3.05) is 6.61 Å². The van der Waals surface area contributed by atoms with Crippen molar-refractivity contribution in [3.63, 3.8) is 0 Å². The quantitative estimate of drug-likeness (QED) is 0.524. The minimum Gasteiger partial charge on any atom is -0.493 e. The summed E-state index contributed by atoms with van der Waals surface area (Å²) in [6.07, 6.45) is 2.40. The molecule has 2 rings (SSSR count). The van der Waals surface area contributed by atoms with Crippen molar-refractivity contribution in [2.24, 2.45) is 5.92 Å².